The highest BCUT2D eigenvalue weighted by molar-refractivity contribution is 6.07. The van der Waals surface area contributed by atoms with Crippen molar-refractivity contribution in [2.45, 2.75) is 38.4 Å². The molecule has 1 amide bonds. The minimum absolute atomic E-state index is 0.145. The number of hydrogen-bond donors (Lipinski definition) is 2. The van der Waals surface area contributed by atoms with Crippen molar-refractivity contribution in [3.8, 4) is 0 Å². The van der Waals surface area contributed by atoms with E-state index in [0.29, 0.717) is 12.2 Å². The highest BCUT2D eigenvalue weighted by Gasteiger charge is 2.36. The van der Waals surface area contributed by atoms with Crippen LogP contribution in [0.4, 0.5) is 24.7 Å². The number of nitrogens with zero attached hydrogens (tertiary/aromatic N) is 4. The Balaban J connectivity index is 1.35. The van der Waals surface area contributed by atoms with E-state index in [1.165, 1.54) is 29.2 Å². The Morgan fingerprint density at radius 2 is 1.86 bits per heavy atom. The summed E-state index contributed by atoms with van der Waals surface area (Å²) in [5.41, 5.74) is 3.39. The lowest BCUT2D eigenvalue weighted by Crippen LogP contribution is -2.31. The van der Waals surface area contributed by atoms with Crippen molar-refractivity contribution in [3.05, 3.63) is 95.2 Å². The van der Waals surface area contributed by atoms with E-state index < -0.39 is 18.4 Å². The van der Waals surface area contributed by atoms with Crippen LogP contribution in [0, 0.1) is 12.7 Å². The largest absolute Gasteiger partial charge is 0.363 e. The molecule has 0 spiro atoms. The Bertz CT molecular complexity index is 1330. The number of aryl methyl sites for hydroxylation is 1. The Kier molecular flexibility index (Phi) is 6.02. The van der Waals surface area contributed by atoms with Crippen molar-refractivity contribution in [2.24, 2.45) is 0 Å². The summed E-state index contributed by atoms with van der Waals surface area (Å²) >= 11 is 0. The third-order valence-corrected chi connectivity index (χ3v) is 6.06. The summed E-state index contributed by atoms with van der Waals surface area (Å²) in [4.78, 5) is 13.0. The average molecular weight is 480 g/mol. The van der Waals surface area contributed by atoms with Crippen LogP contribution >= 0.6 is 0 Å². The van der Waals surface area contributed by atoms with Gasteiger partial charge in [-0.3, -0.25) is 9.48 Å². The van der Waals surface area contributed by atoms with Crippen LogP contribution in [0.5, 0.6) is 0 Å². The first-order valence-electron chi connectivity index (χ1n) is 11.1. The van der Waals surface area contributed by atoms with Crippen LogP contribution in [0.25, 0.3) is 0 Å². The molecule has 0 fully saturated rings. The first-order valence-corrected chi connectivity index (χ1v) is 11.1. The lowest BCUT2D eigenvalue weighted by atomic mass is 9.96. The van der Waals surface area contributed by atoms with Gasteiger partial charge in [0.15, 0.2) is 0 Å². The Hall–Kier alpha value is -4.08. The van der Waals surface area contributed by atoms with E-state index in [0.717, 1.165) is 16.7 Å². The van der Waals surface area contributed by atoms with Gasteiger partial charge in [-0.2, -0.15) is 10.2 Å². The van der Waals surface area contributed by atoms with Gasteiger partial charge in [0.25, 0.3) is 12.3 Å². The Morgan fingerprint density at radius 1 is 1.11 bits per heavy atom. The highest BCUT2D eigenvalue weighted by atomic mass is 19.3. The number of anilines is 2. The van der Waals surface area contributed by atoms with E-state index >= 15 is 0 Å². The summed E-state index contributed by atoms with van der Waals surface area (Å²) in [6.45, 7) is 2.36. The monoisotopic (exact) mass is 480 g/mol. The van der Waals surface area contributed by atoms with E-state index in [9.17, 15) is 18.0 Å². The zero-order chi connectivity index (χ0) is 24.5. The number of amides is 1. The first kappa shape index (κ1) is 22.7. The normalized spacial score (nSPS) is 17.2. The minimum atomic E-state index is -2.63. The van der Waals surface area contributed by atoms with Gasteiger partial charge < -0.3 is 10.6 Å². The molecule has 180 valence electrons. The predicted molar refractivity (Wildman–Crippen MR) is 125 cm³/mol. The number of fused-ring (bicyclic) bond motifs is 1. The fourth-order valence-electron chi connectivity index (χ4n) is 4.21. The number of aromatic nitrogens is 4. The molecule has 10 heteroatoms. The quantitative estimate of drug-likeness (QED) is 0.398. The second-order valence-corrected chi connectivity index (χ2v) is 8.60. The maximum Gasteiger partial charge on any atom is 0.261 e. The van der Waals surface area contributed by atoms with Crippen LogP contribution in [0.15, 0.2) is 67.1 Å². The van der Waals surface area contributed by atoms with E-state index in [2.05, 4.69) is 20.8 Å². The van der Waals surface area contributed by atoms with E-state index in [-0.39, 0.29) is 29.7 Å². The molecule has 0 saturated carbocycles. The summed E-state index contributed by atoms with van der Waals surface area (Å²) in [7, 11) is 0. The lowest BCUT2D eigenvalue weighted by Gasteiger charge is -2.32. The van der Waals surface area contributed by atoms with Crippen molar-refractivity contribution < 1.29 is 18.0 Å². The lowest BCUT2D eigenvalue weighted by molar-refractivity contribution is 0.0657. The van der Waals surface area contributed by atoms with Gasteiger partial charge in [0, 0.05) is 6.20 Å². The molecule has 3 heterocycles. The zero-order valence-electron chi connectivity index (χ0n) is 18.8. The van der Waals surface area contributed by atoms with Gasteiger partial charge >= 0.3 is 0 Å². The molecule has 0 radical (unpaired) electrons. The summed E-state index contributed by atoms with van der Waals surface area (Å²) in [6.07, 6.45) is 1.94. The molecule has 7 nitrogen and oxygen atoms in total. The molecule has 2 aromatic heterocycles. The minimum Gasteiger partial charge on any atom is -0.363 e. The van der Waals surface area contributed by atoms with Crippen molar-refractivity contribution in [3.63, 3.8) is 0 Å². The number of alkyl halides is 2. The standard InChI is InChI=1S/C25H23F3N6O/c1-15-2-6-17(7-3-15)21-10-22(23(27)28)34-24(32-21)20(12-30-34)25(35)31-19-11-29-33(14-19)13-16-4-8-18(26)9-5-16/h2-9,11-12,14,21-23,32H,10,13H2,1H3,(H,31,35)/t21-,22-/m0/s1. The zero-order valence-corrected chi connectivity index (χ0v) is 18.8. The van der Waals surface area contributed by atoms with Crippen LogP contribution in [0.1, 0.15) is 45.6 Å². The van der Waals surface area contributed by atoms with Gasteiger partial charge in [0.05, 0.1) is 30.7 Å². The number of carbonyl (C=O) groups excluding carboxylic acids is 1. The smallest absolute Gasteiger partial charge is 0.261 e. The van der Waals surface area contributed by atoms with E-state index in [4.69, 9.17) is 0 Å². The molecule has 2 atom stereocenters. The predicted octanol–water partition coefficient (Wildman–Crippen LogP) is 5.19. The van der Waals surface area contributed by atoms with Gasteiger partial charge in [-0.1, -0.05) is 42.0 Å². The fourth-order valence-corrected chi connectivity index (χ4v) is 4.21. The molecule has 0 aliphatic carbocycles. The SMILES string of the molecule is Cc1ccc([C@@H]2C[C@@H](C(F)F)n3ncc(C(=O)Nc4cnn(Cc5ccc(F)cc5)c4)c3N2)cc1. The van der Waals surface area contributed by atoms with Crippen LogP contribution in [0.2, 0.25) is 0 Å². The fraction of sp³-hybridized carbons (Fsp3) is 0.240. The third kappa shape index (κ3) is 4.77. The number of hydrogen-bond acceptors (Lipinski definition) is 4. The molecule has 35 heavy (non-hydrogen) atoms. The number of benzene rings is 2. The summed E-state index contributed by atoms with van der Waals surface area (Å²) < 4.78 is 43.7. The maximum atomic E-state index is 13.9. The van der Waals surface area contributed by atoms with Gasteiger partial charge in [0.1, 0.15) is 23.2 Å². The van der Waals surface area contributed by atoms with E-state index in [1.807, 2.05) is 31.2 Å². The second-order valence-electron chi connectivity index (χ2n) is 8.60. The Morgan fingerprint density at radius 3 is 2.57 bits per heavy atom. The molecular weight excluding hydrogens is 457 g/mol. The molecule has 5 rings (SSSR count). The maximum absolute atomic E-state index is 13.9. The van der Waals surface area contributed by atoms with Gasteiger partial charge in [0.2, 0.25) is 0 Å². The summed E-state index contributed by atoms with van der Waals surface area (Å²) in [6, 6.07) is 12.2. The van der Waals surface area contributed by atoms with Crippen LogP contribution in [0.3, 0.4) is 0 Å². The molecule has 2 aromatic carbocycles. The molecule has 1 aliphatic heterocycles. The van der Waals surface area contributed by atoms with Crippen molar-refractivity contribution in [2.75, 3.05) is 10.6 Å². The first-order chi connectivity index (χ1) is 16.9. The van der Waals surface area contributed by atoms with Crippen molar-refractivity contribution in [1.29, 1.82) is 0 Å². The summed E-state index contributed by atoms with van der Waals surface area (Å²) in [5, 5.41) is 14.3. The number of carbonyl (C=O) groups is 1. The number of nitrogens with one attached hydrogen (secondary N) is 2. The van der Waals surface area contributed by atoms with Crippen LogP contribution < -0.4 is 10.6 Å². The van der Waals surface area contributed by atoms with Gasteiger partial charge in [-0.25, -0.2) is 17.9 Å². The molecule has 2 N–H and O–H groups in total. The number of rotatable bonds is 6. The topological polar surface area (TPSA) is 76.8 Å². The molecule has 0 bridgehead atoms. The summed E-state index contributed by atoms with van der Waals surface area (Å²) in [5.74, 6) is -0.556. The van der Waals surface area contributed by atoms with Gasteiger partial charge in [-0.05, 0) is 36.6 Å². The average Bonchev–Trinajstić information content (AvgIpc) is 3.47. The van der Waals surface area contributed by atoms with Crippen molar-refractivity contribution >= 4 is 17.4 Å². The molecule has 0 unspecified atom stereocenters. The molecular formula is C25H23F3N6O. The number of halogens is 3. The molecule has 4 aromatic rings. The third-order valence-electron chi connectivity index (χ3n) is 6.06. The van der Waals surface area contributed by atoms with Crippen LogP contribution in [-0.4, -0.2) is 31.9 Å². The van der Waals surface area contributed by atoms with Gasteiger partial charge in [-0.15, -0.1) is 0 Å². The highest BCUT2D eigenvalue weighted by Crippen LogP contribution is 2.39. The van der Waals surface area contributed by atoms with Crippen molar-refractivity contribution in [1.82, 2.24) is 19.6 Å². The molecule has 1 aliphatic rings. The molecule has 0 saturated heterocycles. The van der Waals surface area contributed by atoms with Crippen LogP contribution in [-0.2, 0) is 6.54 Å². The van der Waals surface area contributed by atoms with E-state index in [1.54, 1.807) is 23.0 Å². The second kappa shape index (κ2) is 9.28. The Labute approximate surface area is 199 Å².